The molecule has 166 valence electrons. The molecule has 0 aromatic heterocycles. The molecule has 0 radical (unpaired) electrons. The van der Waals surface area contributed by atoms with Crippen molar-refractivity contribution in [1.82, 2.24) is 9.62 Å². The third-order valence-corrected chi connectivity index (χ3v) is 5.61. The number of hydrogen-bond donors (Lipinski definition) is 1. The zero-order chi connectivity index (χ0) is 22.6. The van der Waals surface area contributed by atoms with E-state index >= 15 is 0 Å². The van der Waals surface area contributed by atoms with Crippen molar-refractivity contribution in [1.29, 1.82) is 0 Å². The summed E-state index contributed by atoms with van der Waals surface area (Å²) in [6, 6.07) is 4.03. The van der Waals surface area contributed by atoms with Gasteiger partial charge in [-0.25, -0.2) is 4.79 Å². The van der Waals surface area contributed by atoms with E-state index in [0.29, 0.717) is 18.4 Å². The Morgan fingerprint density at radius 3 is 2.21 bits per heavy atom. The van der Waals surface area contributed by atoms with Crippen molar-refractivity contribution < 1.29 is 32.0 Å². The van der Waals surface area contributed by atoms with Gasteiger partial charge in [0.05, 0.1) is 5.54 Å². The van der Waals surface area contributed by atoms with Crippen molar-refractivity contribution in [2.75, 3.05) is 14.1 Å². The Labute approximate surface area is 173 Å². The SMILES string of the molecule is CN(C)C(=O)Oc1ccc(CCC(C)(C)N[S+]([O-])C(C)(C)C)cc1OC(F)(F)F. The molecular weight excluding hydrogens is 409 g/mol. The lowest BCUT2D eigenvalue weighted by molar-refractivity contribution is -0.275. The van der Waals surface area contributed by atoms with Crippen LogP contribution in [0.15, 0.2) is 18.2 Å². The van der Waals surface area contributed by atoms with Crippen molar-refractivity contribution in [3.05, 3.63) is 23.8 Å². The van der Waals surface area contributed by atoms with E-state index in [1.54, 1.807) is 6.07 Å². The number of benzene rings is 1. The first kappa shape index (κ1) is 25.4. The number of halogens is 3. The summed E-state index contributed by atoms with van der Waals surface area (Å²) in [6.45, 7) is 9.29. The van der Waals surface area contributed by atoms with Crippen LogP contribution in [0.4, 0.5) is 18.0 Å². The topological polar surface area (TPSA) is 73.9 Å². The van der Waals surface area contributed by atoms with E-state index < -0.39 is 39.9 Å². The second-order valence-corrected chi connectivity index (χ2v) is 10.4. The Hall–Kier alpha value is -1.65. The summed E-state index contributed by atoms with van der Waals surface area (Å²) in [7, 11) is 2.83. The summed E-state index contributed by atoms with van der Waals surface area (Å²) in [5.74, 6) is -0.912. The average Bonchev–Trinajstić information content (AvgIpc) is 2.52. The molecule has 1 aromatic carbocycles. The Bertz CT molecular complexity index is 704. The molecule has 0 aliphatic rings. The van der Waals surface area contributed by atoms with Gasteiger partial charge >= 0.3 is 12.5 Å². The Balaban J connectivity index is 2.97. The first-order valence-electron chi connectivity index (χ1n) is 8.98. The van der Waals surface area contributed by atoms with E-state index in [9.17, 15) is 22.5 Å². The van der Waals surface area contributed by atoms with Crippen LogP contribution in [0.1, 0.15) is 46.6 Å². The van der Waals surface area contributed by atoms with Gasteiger partial charge in [0.2, 0.25) is 0 Å². The monoisotopic (exact) mass is 438 g/mol. The fourth-order valence-electron chi connectivity index (χ4n) is 2.09. The van der Waals surface area contributed by atoms with Gasteiger partial charge in [0, 0.05) is 25.5 Å². The molecule has 1 rings (SSSR count). The molecule has 0 heterocycles. The van der Waals surface area contributed by atoms with Gasteiger partial charge in [-0.15, -0.1) is 17.9 Å². The van der Waals surface area contributed by atoms with Crippen LogP contribution in [-0.4, -0.2) is 46.3 Å². The first-order chi connectivity index (χ1) is 13.0. The van der Waals surface area contributed by atoms with Crippen LogP contribution in [0.2, 0.25) is 0 Å². The summed E-state index contributed by atoms with van der Waals surface area (Å²) in [4.78, 5) is 12.8. The van der Waals surface area contributed by atoms with E-state index in [4.69, 9.17) is 4.74 Å². The highest BCUT2D eigenvalue weighted by Gasteiger charge is 2.34. The summed E-state index contributed by atoms with van der Waals surface area (Å²) in [5.41, 5.74) is 0.0458. The van der Waals surface area contributed by atoms with Gasteiger partial charge in [-0.2, -0.15) is 0 Å². The van der Waals surface area contributed by atoms with Crippen LogP contribution in [-0.2, 0) is 17.8 Å². The molecule has 0 spiro atoms. The Morgan fingerprint density at radius 1 is 1.14 bits per heavy atom. The van der Waals surface area contributed by atoms with Crippen molar-refractivity contribution in [3.8, 4) is 11.5 Å². The third-order valence-electron chi connectivity index (χ3n) is 3.76. The lowest BCUT2D eigenvalue weighted by Crippen LogP contribution is -2.50. The highest BCUT2D eigenvalue weighted by molar-refractivity contribution is 7.90. The maximum Gasteiger partial charge on any atom is 0.573 e. The van der Waals surface area contributed by atoms with Crippen LogP contribution in [0.3, 0.4) is 0 Å². The van der Waals surface area contributed by atoms with Crippen LogP contribution < -0.4 is 14.2 Å². The van der Waals surface area contributed by atoms with Gasteiger partial charge in [0.25, 0.3) is 0 Å². The molecule has 0 aliphatic heterocycles. The normalized spacial score (nSPS) is 13.8. The quantitative estimate of drug-likeness (QED) is 0.639. The summed E-state index contributed by atoms with van der Waals surface area (Å²) in [6.07, 6.45) is -4.84. The second-order valence-electron chi connectivity index (χ2n) is 8.46. The number of nitrogens with one attached hydrogen (secondary N) is 1. The van der Waals surface area contributed by atoms with Crippen molar-refractivity contribution >= 4 is 17.5 Å². The maximum atomic E-state index is 12.8. The molecule has 10 heteroatoms. The predicted octanol–water partition coefficient (Wildman–Crippen LogP) is 4.41. The zero-order valence-corrected chi connectivity index (χ0v) is 18.6. The van der Waals surface area contributed by atoms with Crippen LogP contribution in [0.5, 0.6) is 11.5 Å². The number of ether oxygens (including phenoxy) is 2. The van der Waals surface area contributed by atoms with Gasteiger partial charge < -0.3 is 18.9 Å². The van der Waals surface area contributed by atoms with Gasteiger partial charge in [-0.05, 0) is 65.2 Å². The summed E-state index contributed by atoms with van der Waals surface area (Å²) in [5, 5.41) is 0. The third kappa shape index (κ3) is 9.14. The fourth-order valence-corrected chi connectivity index (χ4v) is 3.00. The smallest absolute Gasteiger partial charge is 0.573 e. The minimum atomic E-state index is -4.93. The van der Waals surface area contributed by atoms with E-state index in [2.05, 4.69) is 9.46 Å². The highest BCUT2D eigenvalue weighted by atomic mass is 32.2. The number of hydrogen-bond acceptors (Lipinski definition) is 5. The number of carbonyl (C=O) groups excluding carboxylic acids is 1. The standard InChI is InChI=1S/C19H29F3N2O4S/c1-17(2,3)29(26)23-18(4,5)11-10-13-8-9-14(27-16(25)24(6)7)15(12-13)28-19(20,21)22/h8-9,12,23H,10-11H2,1-7H3. The number of aryl methyl sites for hydroxylation is 1. The summed E-state index contributed by atoms with van der Waals surface area (Å²) < 4.78 is 62.2. The highest BCUT2D eigenvalue weighted by Crippen LogP contribution is 2.34. The number of alkyl halides is 3. The number of amides is 1. The Morgan fingerprint density at radius 2 is 1.72 bits per heavy atom. The lowest BCUT2D eigenvalue weighted by Gasteiger charge is -2.32. The van der Waals surface area contributed by atoms with Gasteiger partial charge in [0.1, 0.15) is 4.75 Å². The molecule has 0 fully saturated rings. The number of rotatable bonds is 7. The molecule has 0 saturated carbocycles. The molecule has 1 amide bonds. The number of carbonyl (C=O) groups is 1. The largest absolute Gasteiger partial charge is 0.598 e. The molecule has 1 unspecified atom stereocenters. The Kier molecular flexibility index (Phi) is 8.26. The molecule has 0 saturated heterocycles. The first-order valence-corrected chi connectivity index (χ1v) is 10.1. The van der Waals surface area contributed by atoms with Crippen LogP contribution in [0, 0.1) is 0 Å². The van der Waals surface area contributed by atoms with E-state index in [1.807, 2.05) is 34.6 Å². The fraction of sp³-hybridized carbons (Fsp3) is 0.632. The van der Waals surface area contributed by atoms with E-state index in [1.165, 1.54) is 26.2 Å². The molecular formula is C19H29F3N2O4S. The van der Waals surface area contributed by atoms with Crippen molar-refractivity contribution in [2.45, 2.75) is 64.1 Å². The van der Waals surface area contributed by atoms with Crippen molar-refractivity contribution in [2.24, 2.45) is 0 Å². The second kappa shape index (κ2) is 9.44. The molecule has 29 heavy (non-hydrogen) atoms. The van der Waals surface area contributed by atoms with E-state index in [-0.39, 0.29) is 5.75 Å². The average molecular weight is 439 g/mol. The zero-order valence-electron chi connectivity index (χ0n) is 17.8. The molecule has 6 nitrogen and oxygen atoms in total. The predicted molar refractivity (Wildman–Crippen MR) is 106 cm³/mol. The number of nitrogens with zero attached hydrogens (tertiary/aromatic N) is 1. The molecule has 1 aromatic rings. The molecule has 1 atom stereocenters. The van der Waals surface area contributed by atoms with Gasteiger partial charge in [-0.1, -0.05) is 6.07 Å². The minimum absolute atomic E-state index is 0.323. The maximum absolute atomic E-state index is 12.8. The van der Waals surface area contributed by atoms with Gasteiger partial charge in [0.15, 0.2) is 11.5 Å². The van der Waals surface area contributed by atoms with Crippen molar-refractivity contribution in [3.63, 3.8) is 0 Å². The van der Waals surface area contributed by atoms with Gasteiger partial charge in [-0.3, -0.25) is 0 Å². The molecule has 0 aliphatic carbocycles. The molecule has 0 bridgehead atoms. The van der Waals surface area contributed by atoms with Crippen LogP contribution in [0.25, 0.3) is 0 Å². The van der Waals surface area contributed by atoms with Crippen LogP contribution >= 0.6 is 0 Å². The lowest BCUT2D eigenvalue weighted by atomic mass is 9.96. The minimum Gasteiger partial charge on any atom is -0.598 e. The molecule has 1 N–H and O–H groups in total. The summed E-state index contributed by atoms with van der Waals surface area (Å²) >= 11 is -1.28. The van der Waals surface area contributed by atoms with E-state index in [0.717, 1.165) is 4.90 Å².